The second-order valence-electron chi connectivity index (χ2n) is 3.67. The van der Waals surface area contributed by atoms with Crippen LogP contribution < -0.4 is 5.32 Å². The van der Waals surface area contributed by atoms with E-state index in [1.807, 2.05) is 38.1 Å². The number of nitrogens with zero attached hydrogens (tertiary/aromatic N) is 1. The van der Waals surface area contributed by atoms with E-state index < -0.39 is 0 Å². The fourth-order valence-electron chi connectivity index (χ4n) is 1.54. The molecule has 1 aromatic carbocycles. The lowest BCUT2D eigenvalue weighted by Gasteiger charge is -2.12. The highest BCUT2D eigenvalue weighted by atomic mass is 16.5. The molecule has 1 rings (SSSR count). The molecule has 1 atom stereocenters. The van der Waals surface area contributed by atoms with Crippen LogP contribution in [0.1, 0.15) is 25.0 Å². The summed E-state index contributed by atoms with van der Waals surface area (Å²) < 4.78 is 5.41. The van der Waals surface area contributed by atoms with Crippen molar-refractivity contribution in [3.8, 4) is 6.07 Å². The summed E-state index contributed by atoms with van der Waals surface area (Å²) in [7, 11) is 0. The Bertz CT molecular complexity index is 357. The van der Waals surface area contributed by atoms with Crippen molar-refractivity contribution in [2.75, 3.05) is 13.2 Å². The first kappa shape index (κ1) is 12.7. The standard InChI is InChI=1S/C13H18N2O/c1-3-16-11(2)9-15-10-13-7-5-4-6-12(13)8-14/h4-7,11,15H,3,9-10H2,1-2H3. The van der Waals surface area contributed by atoms with Gasteiger partial charge in [-0.2, -0.15) is 5.26 Å². The molecule has 0 amide bonds. The van der Waals surface area contributed by atoms with Crippen molar-refractivity contribution < 1.29 is 4.74 Å². The first-order valence-corrected chi connectivity index (χ1v) is 5.58. The van der Waals surface area contributed by atoms with E-state index in [0.717, 1.165) is 24.3 Å². The van der Waals surface area contributed by atoms with E-state index in [-0.39, 0.29) is 6.10 Å². The number of hydrogen-bond acceptors (Lipinski definition) is 3. The highest BCUT2D eigenvalue weighted by Gasteiger charge is 2.02. The molecule has 1 aromatic rings. The quantitative estimate of drug-likeness (QED) is 0.795. The summed E-state index contributed by atoms with van der Waals surface area (Å²) in [6.45, 7) is 6.26. The maximum absolute atomic E-state index is 8.91. The zero-order chi connectivity index (χ0) is 11.8. The van der Waals surface area contributed by atoms with E-state index in [9.17, 15) is 0 Å². The fraction of sp³-hybridized carbons (Fsp3) is 0.462. The van der Waals surface area contributed by atoms with Gasteiger partial charge in [-0.1, -0.05) is 18.2 Å². The number of rotatable bonds is 6. The van der Waals surface area contributed by atoms with Gasteiger partial charge in [0.1, 0.15) is 0 Å². The van der Waals surface area contributed by atoms with Crippen LogP contribution in [0, 0.1) is 11.3 Å². The first-order valence-electron chi connectivity index (χ1n) is 5.58. The lowest BCUT2D eigenvalue weighted by molar-refractivity contribution is 0.0759. The number of nitriles is 1. The normalized spacial score (nSPS) is 12.1. The summed E-state index contributed by atoms with van der Waals surface area (Å²) >= 11 is 0. The molecule has 0 aliphatic carbocycles. The monoisotopic (exact) mass is 218 g/mol. The lowest BCUT2D eigenvalue weighted by Crippen LogP contribution is -2.26. The third-order valence-electron chi connectivity index (χ3n) is 2.34. The van der Waals surface area contributed by atoms with Crippen LogP contribution in [0.2, 0.25) is 0 Å². The van der Waals surface area contributed by atoms with Gasteiger partial charge < -0.3 is 10.1 Å². The molecule has 3 heteroatoms. The van der Waals surface area contributed by atoms with Gasteiger partial charge in [0.25, 0.3) is 0 Å². The van der Waals surface area contributed by atoms with E-state index in [2.05, 4.69) is 11.4 Å². The maximum atomic E-state index is 8.91. The zero-order valence-corrected chi connectivity index (χ0v) is 9.86. The van der Waals surface area contributed by atoms with Crippen molar-refractivity contribution in [3.63, 3.8) is 0 Å². The molecular formula is C13H18N2O. The molecule has 0 heterocycles. The minimum atomic E-state index is 0.208. The number of hydrogen-bond donors (Lipinski definition) is 1. The minimum Gasteiger partial charge on any atom is -0.377 e. The third kappa shape index (κ3) is 4.01. The molecule has 3 nitrogen and oxygen atoms in total. The van der Waals surface area contributed by atoms with Gasteiger partial charge in [0, 0.05) is 19.7 Å². The number of ether oxygens (including phenoxy) is 1. The highest BCUT2D eigenvalue weighted by Crippen LogP contribution is 2.06. The molecule has 0 radical (unpaired) electrons. The van der Waals surface area contributed by atoms with Crippen molar-refractivity contribution in [1.82, 2.24) is 5.32 Å². The topological polar surface area (TPSA) is 45.0 Å². The van der Waals surface area contributed by atoms with Gasteiger partial charge >= 0.3 is 0 Å². The maximum Gasteiger partial charge on any atom is 0.0995 e. The molecule has 0 aliphatic rings. The van der Waals surface area contributed by atoms with Gasteiger partial charge in [-0.25, -0.2) is 0 Å². The molecule has 1 unspecified atom stereocenters. The second kappa shape index (κ2) is 7.00. The van der Waals surface area contributed by atoms with Crippen LogP contribution >= 0.6 is 0 Å². The van der Waals surface area contributed by atoms with Gasteiger partial charge in [0.15, 0.2) is 0 Å². The molecule has 0 bridgehead atoms. The van der Waals surface area contributed by atoms with Gasteiger partial charge in [-0.3, -0.25) is 0 Å². The summed E-state index contributed by atoms with van der Waals surface area (Å²) in [6.07, 6.45) is 0.208. The third-order valence-corrected chi connectivity index (χ3v) is 2.34. The van der Waals surface area contributed by atoms with Crippen molar-refractivity contribution in [1.29, 1.82) is 5.26 Å². The Balaban J connectivity index is 2.40. The molecule has 0 fully saturated rings. The molecule has 0 saturated carbocycles. The SMILES string of the molecule is CCOC(C)CNCc1ccccc1C#N. The molecule has 1 N–H and O–H groups in total. The van der Waals surface area contributed by atoms with Crippen molar-refractivity contribution in [2.24, 2.45) is 0 Å². The predicted octanol–water partition coefficient (Wildman–Crippen LogP) is 2.07. The molecule has 0 aliphatic heterocycles. The summed E-state index contributed by atoms with van der Waals surface area (Å²) in [5.74, 6) is 0. The molecule has 0 aromatic heterocycles. The second-order valence-corrected chi connectivity index (χ2v) is 3.67. The summed E-state index contributed by atoms with van der Waals surface area (Å²) in [5.41, 5.74) is 1.77. The Labute approximate surface area is 97.0 Å². The predicted molar refractivity (Wildman–Crippen MR) is 64.0 cm³/mol. The van der Waals surface area contributed by atoms with E-state index >= 15 is 0 Å². The average Bonchev–Trinajstić information content (AvgIpc) is 2.30. The lowest BCUT2D eigenvalue weighted by atomic mass is 10.1. The Morgan fingerprint density at radius 2 is 2.19 bits per heavy atom. The van der Waals surface area contributed by atoms with Crippen LogP contribution in [0.5, 0.6) is 0 Å². The van der Waals surface area contributed by atoms with Gasteiger partial charge in [0.05, 0.1) is 17.7 Å². The van der Waals surface area contributed by atoms with Crippen LogP contribution in [0.4, 0.5) is 0 Å². The molecule has 0 saturated heterocycles. The number of nitrogens with one attached hydrogen (secondary N) is 1. The van der Waals surface area contributed by atoms with Crippen LogP contribution in [-0.4, -0.2) is 19.3 Å². The van der Waals surface area contributed by atoms with E-state index in [4.69, 9.17) is 10.00 Å². The van der Waals surface area contributed by atoms with E-state index in [0.29, 0.717) is 6.54 Å². The Morgan fingerprint density at radius 1 is 1.44 bits per heavy atom. The minimum absolute atomic E-state index is 0.208. The molecular weight excluding hydrogens is 200 g/mol. The summed E-state index contributed by atoms with van der Waals surface area (Å²) in [4.78, 5) is 0. The zero-order valence-electron chi connectivity index (χ0n) is 9.86. The van der Waals surface area contributed by atoms with Crippen LogP contribution in [-0.2, 0) is 11.3 Å². The van der Waals surface area contributed by atoms with E-state index in [1.54, 1.807) is 0 Å². The van der Waals surface area contributed by atoms with E-state index in [1.165, 1.54) is 0 Å². The van der Waals surface area contributed by atoms with Gasteiger partial charge in [-0.15, -0.1) is 0 Å². The van der Waals surface area contributed by atoms with Crippen LogP contribution in [0.15, 0.2) is 24.3 Å². The summed E-state index contributed by atoms with van der Waals surface area (Å²) in [6, 6.07) is 9.82. The first-order chi connectivity index (χ1) is 7.77. The largest absolute Gasteiger partial charge is 0.377 e. The Hall–Kier alpha value is -1.37. The Morgan fingerprint density at radius 3 is 2.88 bits per heavy atom. The van der Waals surface area contributed by atoms with Gasteiger partial charge in [0.2, 0.25) is 0 Å². The van der Waals surface area contributed by atoms with Crippen LogP contribution in [0.3, 0.4) is 0 Å². The average molecular weight is 218 g/mol. The molecule has 0 spiro atoms. The highest BCUT2D eigenvalue weighted by molar-refractivity contribution is 5.37. The van der Waals surface area contributed by atoms with Crippen molar-refractivity contribution >= 4 is 0 Å². The molecule has 86 valence electrons. The Kier molecular flexibility index (Phi) is 5.55. The number of benzene rings is 1. The smallest absolute Gasteiger partial charge is 0.0995 e. The molecule has 16 heavy (non-hydrogen) atoms. The fourth-order valence-corrected chi connectivity index (χ4v) is 1.54. The van der Waals surface area contributed by atoms with Crippen LogP contribution in [0.25, 0.3) is 0 Å². The van der Waals surface area contributed by atoms with Crippen molar-refractivity contribution in [2.45, 2.75) is 26.5 Å². The van der Waals surface area contributed by atoms with Gasteiger partial charge in [-0.05, 0) is 25.5 Å². The van der Waals surface area contributed by atoms with Crippen molar-refractivity contribution in [3.05, 3.63) is 35.4 Å². The summed E-state index contributed by atoms with van der Waals surface area (Å²) in [5, 5.41) is 12.2.